The van der Waals surface area contributed by atoms with Gasteiger partial charge in [0.05, 0.1) is 7.11 Å². The van der Waals surface area contributed by atoms with Crippen LogP contribution in [-0.4, -0.2) is 27.1 Å². The van der Waals surface area contributed by atoms with E-state index in [0.29, 0.717) is 18.1 Å². The number of benzene rings is 3. The highest BCUT2D eigenvalue weighted by molar-refractivity contribution is 6.04. The number of anilines is 2. The van der Waals surface area contributed by atoms with Crippen molar-refractivity contribution in [1.29, 1.82) is 0 Å². The van der Waals surface area contributed by atoms with Crippen LogP contribution in [0.4, 0.5) is 11.4 Å². The van der Waals surface area contributed by atoms with Crippen LogP contribution in [0.1, 0.15) is 35.3 Å². The molecule has 0 atom stereocenters. The molecule has 3 aromatic carbocycles. The van der Waals surface area contributed by atoms with E-state index in [1.807, 2.05) is 85.7 Å². The molecule has 5 heteroatoms. The average molecular weight is 433 g/mol. The fraction of sp³-hybridized carbons (Fsp3) is 0.296. The van der Waals surface area contributed by atoms with Crippen molar-refractivity contribution < 1.29 is 14.3 Å². The Balaban J connectivity index is 1.73. The summed E-state index contributed by atoms with van der Waals surface area (Å²) >= 11 is 0. The number of nitrogens with zero attached hydrogens (tertiary/aromatic N) is 1. The first-order valence-electron chi connectivity index (χ1n) is 10.8. The van der Waals surface area contributed by atoms with Crippen molar-refractivity contribution in [2.75, 3.05) is 31.4 Å². The summed E-state index contributed by atoms with van der Waals surface area (Å²) in [6.07, 6.45) is 0.830. The molecule has 0 aliphatic heterocycles. The summed E-state index contributed by atoms with van der Waals surface area (Å²) in [7, 11) is 5.63. The van der Waals surface area contributed by atoms with Gasteiger partial charge in [-0.15, -0.1) is 0 Å². The first-order chi connectivity index (χ1) is 15.4. The van der Waals surface area contributed by atoms with Crippen LogP contribution in [0.15, 0.2) is 66.7 Å². The molecular weight excluding hydrogens is 400 g/mol. The van der Waals surface area contributed by atoms with Gasteiger partial charge >= 0.3 is 0 Å². The first-order valence-corrected chi connectivity index (χ1v) is 10.8. The molecule has 1 N–H and O–H groups in total. The van der Waals surface area contributed by atoms with E-state index in [4.69, 9.17) is 9.47 Å². The maximum atomic E-state index is 12.8. The van der Waals surface area contributed by atoms with E-state index in [0.717, 1.165) is 40.4 Å². The molecule has 32 heavy (non-hydrogen) atoms. The Morgan fingerprint density at radius 1 is 0.969 bits per heavy atom. The summed E-state index contributed by atoms with van der Waals surface area (Å²) in [5.74, 6) is 1.94. The molecule has 0 heterocycles. The van der Waals surface area contributed by atoms with Gasteiger partial charge in [-0.1, -0.05) is 26.0 Å². The predicted octanol–water partition coefficient (Wildman–Crippen LogP) is 5.79. The topological polar surface area (TPSA) is 50.8 Å². The third-order valence-corrected chi connectivity index (χ3v) is 5.15. The minimum absolute atomic E-state index is 0.130. The van der Waals surface area contributed by atoms with Crippen molar-refractivity contribution in [1.82, 2.24) is 0 Å². The first kappa shape index (κ1) is 23.2. The van der Waals surface area contributed by atoms with Gasteiger partial charge in [-0.3, -0.25) is 4.79 Å². The predicted molar refractivity (Wildman–Crippen MR) is 131 cm³/mol. The lowest BCUT2D eigenvalue weighted by Gasteiger charge is -2.16. The molecule has 0 aromatic heterocycles. The van der Waals surface area contributed by atoms with Crippen LogP contribution in [0.5, 0.6) is 11.5 Å². The fourth-order valence-electron chi connectivity index (χ4n) is 3.39. The lowest BCUT2D eigenvalue weighted by Crippen LogP contribution is -2.13. The second-order valence-corrected chi connectivity index (χ2v) is 8.45. The molecule has 0 saturated heterocycles. The molecule has 0 bridgehead atoms. The van der Waals surface area contributed by atoms with Gasteiger partial charge in [0, 0.05) is 31.0 Å². The molecule has 0 aliphatic carbocycles. The van der Waals surface area contributed by atoms with Crippen molar-refractivity contribution in [3.63, 3.8) is 0 Å². The Morgan fingerprint density at radius 2 is 1.66 bits per heavy atom. The van der Waals surface area contributed by atoms with Gasteiger partial charge in [0.2, 0.25) is 0 Å². The van der Waals surface area contributed by atoms with Crippen molar-refractivity contribution in [3.05, 3.63) is 83.4 Å². The Bertz CT molecular complexity index is 1030. The highest BCUT2D eigenvalue weighted by atomic mass is 16.5. The van der Waals surface area contributed by atoms with E-state index >= 15 is 0 Å². The molecule has 0 fully saturated rings. The molecular formula is C27H32N2O3. The van der Waals surface area contributed by atoms with E-state index in [2.05, 4.69) is 19.2 Å². The number of nitrogens with one attached hydrogen (secondary N) is 1. The minimum atomic E-state index is -0.130. The number of methoxy groups -OCH3 is 1. The monoisotopic (exact) mass is 432 g/mol. The van der Waals surface area contributed by atoms with Crippen LogP contribution in [0.3, 0.4) is 0 Å². The Kier molecular flexibility index (Phi) is 7.77. The summed E-state index contributed by atoms with van der Waals surface area (Å²) < 4.78 is 11.3. The van der Waals surface area contributed by atoms with Gasteiger partial charge < -0.3 is 19.7 Å². The molecule has 0 radical (unpaired) electrons. The van der Waals surface area contributed by atoms with Crippen LogP contribution >= 0.6 is 0 Å². The summed E-state index contributed by atoms with van der Waals surface area (Å²) in [6.45, 7) is 4.78. The highest BCUT2D eigenvalue weighted by Crippen LogP contribution is 2.26. The molecule has 0 unspecified atom stereocenters. The fourth-order valence-corrected chi connectivity index (χ4v) is 3.39. The van der Waals surface area contributed by atoms with Crippen LogP contribution in [0.25, 0.3) is 0 Å². The molecule has 0 saturated carbocycles. The lowest BCUT2D eigenvalue weighted by atomic mass is 9.99. The lowest BCUT2D eigenvalue weighted by molar-refractivity contribution is 0.102. The summed E-state index contributed by atoms with van der Waals surface area (Å²) in [5.41, 5.74) is 4.56. The summed E-state index contributed by atoms with van der Waals surface area (Å²) in [6, 6.07) is 21.3. The normalized spacial score (nSPS) is 10.7. The molecule has 168 valence electrons. The Hall–Kier alpha value is -3.47. The Labute approximate surface area is 191 Å². The highest BCUT2D eigenvalue weighted by Gasteiger charge is 2.13. The zero-order valence-corrected chi connectivity index (χ0v) is 19.5. The molecule has 0 aliphatic rings. The quantitative estimate of drug-likeness (QED) is 0.465. The number of rotatable bonds is 9. The number of ether oxygens (including phenoxy) is 2. The van der Waals surface area contributed by atoms with Gasteiger partial charge in [0.15, 0.2) is 0 Å². The SMILES string of the molecule is COc1ccc(COc2ccc(C(=O)Nc3ccc(N(C)C)cc3)cc2CC(C)C)cc1. The third kappa shape index (κ3) is 6.27. The second kappa shape index (κ2) is 10.7. The van der Waals surface area contributed by atoms with Gasteiger partial charge in [0.1, 0.15) is 18.1 Å². The van der Waals surface area contributed by atoms with Crippen LogP contribution < -0.4 is 19.7 Å². The second-order valence-electron chi connectivity index (χ2n) is 8.45. The molecule has 3 rings (SSSR count). The average Bonchev–Trinajstić information content (AvgIpc) is 2.78. The zero-order valence-electron chi connectivity index (χ0n) is 19.5. The largest absolute Gasteiger partial charge is 0.497 e. The van der Waals surface area contributed by atoms with Crippen molar-refractivity contribution >= 4 is 17.3 Å². The summed E-state index contributed by atoms with van der Waals surface area (Å²) in [5, 5.41) is 2.98. The number of carbonyl (C=O) groups is 1. The number of hydrogen-bond acceptors (Lipinski definition) is 4. The van der Waals surface area contributed by atoms with E-state index in [-0.39, 0.29) is 5.91 Å². The number of amides is 1. The van der Waals surface area contributed by atoms with Crippen LogP contribution in [-0.2, 0) is 13.0 Å². The van der Waals surface area contributed by atoms with Crippen LogP contribution in [0.2, 0.25) is 0 Å². The standard InChI is InChI=1S/C27H32N2O3/c1-19(2)16-22-17-21(27(30)28-23-9-11-24(12-10-23)29(3)4)8-15-26(22)32-18-20-6-13-25(31-5)14-7-20/h6-15,17,19H,16,18H2,1-5H3,(H,28,30). The van der Waals surface area contributed by atoms with Crippen molar-refractivity contribution in [2.45, 2.75) is 26.9 Å². The maximum absolute atomic E-state index is 12.8. The smallest absolute Gasteiger partial charge is 0.255 e. The van der Waals surface area contributed by atoms with Gasteiger partial charge in [-0.05, 0) is 78.1 Å². The van der Waals surface area contributed by atoms with Gasteiger partial charge in [-0.2, -0.15) is 0 Å². The van der Waals surface area contributed by atoms with Crippen molar-refractivity contribution in [2.24, 2.45) is 5.92 Å². The van der Waals surface area contributed by atoms with Gasteiger partial charge in [-0.25, -0.2) is 0 Å². The number of carbonyl (C=O) groups excluding carboxylic acids is 1. The molecule has 1 amide bonds. The van der Waals surface area contributed by atoms with E-state index in [1.165, 1.54) is 0 Å². The molecule has 5 nitrogen and oxygen atoms in total. The van der Waals surface area contributed by atoms with Crippen molar-refractivity contribution in [3.8, 4) is 11.5 Å². The van der Waals surface area contributed by atoms with Crippen LogP contribution in [0, 0.1) is 5.92 Å². The van der Waals surface area contributed by atoms with E-state index in [1.54, 1.807) is 7.11 Å². The molecule has 3 aromatic rings. The van der Waals surface area contributed by atoms with E-state index < -0.39 is 0 Å². The Morgan fingerprint density at radius 3 is 2.25 bits per heavy atom. The summed E-state index contributed by atoms with van der Waals surface area (Å²) in [4.78, 5) is 14.9. The molecule has 0 spiro atoms. The zero-order chi connectivity index (χ0) is 23.1. The maximum Gasteiger partial charge on any atom is 0.255 e. The van der Waals surface area contributed by atoms with Gasteiger partial charge in [0.25, 0.3) is 5.91 Å². The number of hydrogen-bond donors (Lipinski definition) is 1. The van der Waals surface area contributed by atoms with E-state index in [9.17, 15) is 4.79 Å². The minimum Gasteiger partial charge on any atom is -0.497 e. The third-order valence-electron chi connectivity index (χ3n) is 5.15.